The van der Waals surface area contributed by atoms with Crippen LogP contribution in [-0.4, -0.2) is 82.9 Å². The smallest absolute Gasteiger partial charge is 0.229 e. The summed E-state index contributed by atoms with van der Waals surface area (Å²) in [4.78, 5) is 31.7. The molecule has 0 bridgehead atoms. The van der Waals surface area contributed by atoms with Crippen molar-refractivity contribution in [2.45, 2.75) is 31.9 Å². The lowest BCUT2D eigenvalue weighted by Crippen LogP contribution is -2.49. The van der Waals surface area contributed by atoms with Crippen molar-refractivity contribution in [1.82, 2.24) is 24.4 Å². The largest absolute Gasteiger partial charge is 0.497 e. The van der Waals surface area contributed by atoms with Gasteiger partial charge in [0.15, 0.2) is 17.0 Å². The SMILES string of the molecule is COc1cccc(CC(=O)N2CCN(c3nc(NCC4CCCO4)c4ncn(Cc5ccccc5)c4n3)CC2)c1. The third kappa shape index (κ3) is 5.86. The van der Waals surface area contributed by atoms with Gasteiger partial charge in [-0.25, -0.2) is 4.98 Å². The molecule has 10 nitrogen and oxygen atoms in total. The summed E-state index contributed by atoms with van der Waals surface area (Å²) in [7, 11) is 1.64. The quantitative estimate of drug-likeness (QED) is 0.345. The number of benzene rings is 2. The molecule has 0 spiro atoms. The van der Waals surface area contributed by atoms with Crippen molar-refractivity contribution in [2.24, 2.45) is 0 Å². The normalized spacial score (nSPS) is 17.4. The second kappa shape index (κ2) is 11.9. The Labute approximate surface area is 233 Å². The topological polar surface area (TPSA) is 97.6 Å². The van der Waals surface area contributed by atoms with Crippen LogP contribution >= 0.6 is 0 Å². The summed E-state index contributed by atoms with van der Waals surface area (Å²) in [6.07, 6.45) is 4.50. The zero-order valence-electron chi connectivity index (χ0n) is 22.8. The van der Waals surface area contributed by atoms with Crippen molar-refractivity contribution in [3.8, 4) is 5.75 Å². The van der Waals surface area contributed by atoms with E-state index in [4.69, 9.17) is 19.4 Å². The zero-order chi connectivity index (χ0) is 27.3. The van der Waals surface area contributed by atoms with Crippen LogP contribution in [-0.2, 0) is 22.5 Å². The molecule has 4 aromatic rings. The molecule has 2 aromatic heterocycles. The van der Waals surface area contributed by atoms with Crippen molar-refractivity contribution >= 4 is 28.8 Å². The molecular weight excluding hydrogens is 506 g/mol. The van der Waals surface area contributed by atoms with Gasteiger partial charge in [0.05, 0.1) is 32.5 Å². The van der Waals surface area contributed by atoms with Crippen LogP contribution in [0.5, 0.6) is 5.75 Å². The molecule has 40 heavy (non-hydrogen) atoms. The summed E-state index contributed by atoms with van der Waals surface area (Å²) in [5, 5.41) is 3.50. The molecule has 1 amide bonds. The Kier molecular flexibility index (Phi) is 7.76. The minimum absolute atomic E-state index is 0.115. The summed E-state index contributed by atoms with van der Waals surface area (Å²) in [6, 6.07) is 18.0. The number of hydrogen-bond acceptors (Lipinski definition) is 8. The number of methoxy groups -OCH3 is 1. The van der Waals surface area contributed by atoms with Crippen LogP contribution in [0.3, 0.4) is 0 Å². The predicted octanol–water partition coefficient (Wildman–Crippen LogP) is 3.37. The van der Waals surface area contributed by atoms with Crippen LogP contribution in [0.25, 0.3) is 11.2 Å². The number of nitrogens with zero attached hydrogens (tertiary/aromatic N) is 6. The number of piperazine rings is 1. The number of rotatable bonds is 9. The van der Waals surface area contributed by atoms with E-state index in [0.29, 0.717) is 51.6 Å². The van der Waals surface area contributed by atoms with E-state index in [0.717, 1.165) is 47.7 Å². The Balaban J connectivity index is 1.19. The first kappa shape index (κ1) is 26.1. The molecular formula is C30H35N7O3. The van der Waals surface area contributed by atoms with E-state index in [1.54, 1.807) is 7.11 Å². The van der Waals surface area contributed by atoms with Gasteiger partial charge in [-0.2, -0.15) is 9.97 Å². The monoisotopic (exact) mass is 541 g/mol. The summed E-state index contributed by atoms with van der Waals surface area (Å²) in [6.45, 7) is 4.72. The van der Waals surface area contributed by atoms with Gasteiger partial charge < -0.3 is 29.2 Å². The van der Waals surface area contributed by atoms with Gasteiger partial charge in [0.1, 0.15) is 5.75 Å². The van der Waals surface area contributed by atoms with Crippen molar-refractivity contribution in [3.63, 3.8) is 0 Å². The number of fused-ring (bicyclic) bond motifs is 1. The number of hydrogen-bond donors (Lipinski definition) is 1. The van der Waals surface area contributed by atoms with Gasteiger partial charge >= 0.3 is 0 Å². The maximum absolute atomic E-state index is 13.0. The van der Waals surface area contributed by atoms with Gasteiger partial charge in [-0.15, -0.1) is 0 Å². The second-order valence-corrected chi connectivity index (χ2v) is 10.3. The summed E-state index contributed by atoms with van der Waals surface area (Å²) in [5.74, 6) is 2.25. The van der Waals surface area contributed by atoms with Crippen molar-refractivity contribution in [1.29, 1.82) is 0 Å². The van der Waals surface area contributed by atoms with E-state index in [9.17, 15) is 4.79 Å². The molecule has 0 radical (unpaired) electrons. The summed E-state index contributed by atoms with van der Waals surface area (Å²) < 4.78 is 13.2. The molecule has 2 aliphatic heterocycles. The number of carbonyl (C=O) groups is 1. The Hall–Kier alpha value is -4.18. The summed E-state index contributed by atoms with van der Waals surface area (Å²) in [5.41, 5.74) is 3.68. The highest BCUT2D eigenvalue weighted by molar-refractivity contribution is 5.84. The first-order valence-electron chi connectivity index (χ1n) is 13.9. The lowest BCUT2D eigenvalue weighted by atomic mass is 10.1. The molecule has 0 saturated carbocycles. The maximum Gasteiger partial charge on any atom is 0.229 e. The van der Waals surface area contributed by atoms with E-state index in [2.05, 4.69) is 31.9 Å². The van der Waals surface area contributed by atoms with E-state index in [1.165, 1.54) is 5.56 Å². The molecule has 4 heterocycles. The Morgan fingerprint density at radius 3 is 2.65 bits per heavy atom. The molecule has 1 unspecified atom stereocenters. The molecule has 208 valence electrons. The van der Waals surface area contributed by atoms with Crippen LogP contribution in [0.2, 0.25) is 0 Å². The number of ether oxygens (including phenoxy) is 2. The van der Waals surface area contributed by atoms with Crippen LogP contribution in [0.1, 0.15) is 24.0 Å². The molecule has 10 heteroatoms. The van der Waals surface area contributed by atoms with Gasteiger partial charge in [-0.05, 0) is 36.1 Å². The van der Waals surface area contributed by atoms with E-state index in [-0.39, 0.29) is 12.0 Å². The first-order valence-corrected chi connectivity index (χ1v) is 13.9. The average Bonchev–Trinajstić information content (AvgIpc) is 3.67. The number of carbonyl (C=O) groups excluding carboxylic acids is 1. The lowest BCUT2D eigenvalue weighted by Gasteiger charge is -2.35. The van der Waals surface area contributed by atoms with Gasteiger partial charge in [-0.1, -0.05) is 42.5 Å². The van der Waals surface area contributed by atoms with Crippen molar-refractivity contribution in [3.05, 3.63) is 72.1 Å². The van der Waals surface area contributed by atoms with Gasteiger partial charge in [0, 0.05) is 39.3 Å². The third-order valence-corrected chi connectivity index (χ3v) is 7.57. The number of amides is 1. The molecule has 2 aromatic carbocycles. The standard InChI is InChI=1S/C30H35N7O3/c1-39-24-10-5-9-23(17-24)18-26(38)35-12-14-36(15-13-35)30-33-28(31-19-25-11-6-16-40-25)27-29(34-30)37(21-32-27)20-22-7-3-2-4-8-22/h2-5,7-10,17,21,25H,6,11-16,18-20H2,1H3,(H,31,33,34). The average molecular weight is 542 g/mol. The van der Waals surface area contributed by atoms with E-state index < -0.39 is 0 Å². The van der Waals surface area contributed by atoms with Crippen LogP contribution in [0.4, 0.5) is 11.8 Å². The molecule has 1 N–H and O–H groups in total. The number of aromatic nitrogens is 4. The highest BCUT2D eigenvalue weighted by atomic mass is 16.5. The van der Waals surface area contributed by atoms with Crippen LogP contribution < -0.4 is 15.0 Å². The first-order chi connectivity index (χ1) is 19.7. The lowest BCUT2D eigenvalue weighted by molar-refractivity contribution is -0.130. The highest BCUT2D eigenvalue weighted by Crippen LogP contribution is 2.25. The van der Waals surface area contributed by atoms with Crippen LogP contribution in [0.15, 0.2) is 60.9 Å². The van der Waals surface area contributed by atoms with E-state index in [1.807, 2.05) is 53.7 Å². The predicted molar refractivity (Wildman–Crippen MR) is 154 cm³/mol. The Bertz CT molecular complexity index is 1440. The molecule has 0 aliphatic carbocycles. The second-order valence-electron chi connectivity index (χ2n) is 10.3. The number of nitrogens with one attached hydrogen (secondary N) is 1. The van der Waals surface area contributed by atoms with Gasteiger partial charge in [0.2, 0.25) is 11.9 Å². The van der Waals surface area contributed by atoms with Gasteiger partial charge in [-0.3, -0.25) is 4.79 Å². The Morgan fingerprint density at radius 1 is 1.05 bits per heavy atom. The number of anilines is 2. The van der Waals surface area contributed by atoms with Gasteiger partial charge in [0.25, 0.3) is 0 Å². The molecule has 2 fully saturated rings. The maximum atomic E-state index is 13.0. The van der Waals surface area contributed by atoms with Crippen molar-refractivity contribution in [2.75, 3.05) is 56.7 Å². The van der Waals surface area contributed by atoms with Crippen molar-refractivity contribution < 1.29 is 14.3 Å². The third-order valence-electron chi connectivity index (χ3n) is 7.57. The minimum atomic E-state index is 0.115. The fourth-order valence-corrected chi connectivity index (χ4v) is 5.33. The minimum Gasteiger partial charge on any atom is -0.497 e. The fraction of sp³-hybridized carbons (Fsp3) is 0.400. The Morgan fingerprint density at radius 2 is 1.88 bits per heavy atom. The zero-order valence-corrected chi connectivity index (χ0v) is 22.8. The molecule has 2 aliphatic rings. The fourth-order valence-electron chi connectivity index (χ4n) is 5.33. The van der Waals surface area contributed by atoms with E-state index >= 15 is 0 Å². The highest BCUT2D eigenvalue weighted by Gasteiger charge is 2.25. The summed E-state index contributed by atoms with van der Waals surface area (Å²) >= 11 is 0. The molecule has 6 rings (SSSR count). The molecule has 1 atom stereocenters. The number of imidazole rings is 1. The molecule has 2 saturated heterocycles. The van der Waals surface area contributed by atoms with Crippen LogP contribution in [0, 0.1) is 0 Å².